The Morgan fingerprint density at radius 3 is 2.83 bits per heavy atom. The average molecular weight is 270 g/mol. The van der Waals surface area contributed by atoms with Gasteiger partial charge in [0, 0.05) is 24.9 Å². The van der Waals surface area contributed by atoms with Crippen molar-refractivity contribution < 1.29 is 0 Å². The fourth-order valence-corrected chi connectivity index (χ4v) is 5.33. The molecule has 2 nitrogen and oxygen atoms in total. The molecule has 1 aliphatic heterocycles. The van der Waals surface area contributed by atoms with Crippen LogP contribution < -0.4 is 5.32 Å². The lowest BCUT2D eigenvalue weighted by atomic mass is 9.69. The molecule has 3 atom stereocenters. The van der Waals surface area contributed by atoms with Crippen LogP contribution in [0.2, 0.25) is 0 Å². The summed E-state index contributed by atoms with van der Waals surface area (Å²) < 4.78 is 0. The second-order valence-corrected chi connectivity index (χ2v) is 7.81. The van der Waals surface area contributed by atoms with Gasteiger partial charge in [-0.1, -0.05) is 19.8 Å². The molecule has 3 heteroatoms. The Hall–Kier alpha value is 0.270. The maximum absolute atomic E-state index is 3.46. The lowest BCUT2D eigenvalue weighted by Crippen LogP contribution is -2.47. The number of thioether (sulfide) groups is 1. The Kier molecular flexibility index (Phi) is 5.40. The van der Waals surface area contributed by atoms with E-state index >= 15 is 0 Å². The molecule has 2 aliphatic rings. The maximum Gasteiger partial charge on any atom is 0.0191 e. The summed E-state index contributed by atoms with van der Waals surface area (Å²) in [4.78, 5) is 2.66. The molecule has 1 N–H and O–H groups in total. The zero-order valence-electron chi connectivity index (χ0n) is 12.4. The third-order valence-electron chi connectivity index (χ3n) is 4.85. The summed E-state index contributed by atoms with van der Waals surface area (Å²) in [5.74, 6) is 3.63. The van der Waals surface area contributed by atoms with E-state index in [1.54, 1.807) is 0 Å². The van der Waals surface area contributed by atoms with Gasteiger partial charge in [-0.25, -0.2) is 0 Å². The molecule has 1 heterocycles. The van der Waals surface area contributed by atoms with Crippen LogP contribution in [0.3, 0.4) is 0 Å². The molecule has 0 aromatic rings. The van der Waals surface area contributed by atoms with Crippen LogP contribution in [0.4, 0.5) is 0 Å². The Morgan fingerprint density at radius 1 is 1.39 bits per heavy atom. The Labute approximate surface area is 117 Å². The van der Waals surface area contributed by atoms with Crippen molar-refractivity contribution in [3.05, 3.63) is 0 Å². The second-order valence-electron chi connectivity index (χ2n) is 6.66. The van der Waals surface area contributed by atoms with Crippen LogP contribution in [-0.2, 0) is 0 Å². The van der Waals surface area contributed by atoms with Crippen molar-refractivity contribution in [1.82, 2.24) is 10.2 Å². The van der Waals surface area contributed by atoms with Gasteiger partial charge in [0.1, 0.15) is 0 Å². The van der Waals surface area contributed by atoms with E-state index < -0.39 is 0 Å². The number of hydrogen-bond acceptors (Lipinski definition) is 3. The fourth-order valence-electron chi connectivity index (χ4n) is 4.03. The molecular weight excluding hydrogens is 240 g/mol. The number of rotatable bonds is 5. The van der Waals surface area contributed by atoms with Crippen molar-refractivity contribution in [2.45, 2.75) is 45.1 Å². The number of nitrogens with one attached hydrogen (secondary N) is 1. The molecule has 0 bridgehead atoms. The SMILES string of the molecule is CNCC1(CN(C)C2CCSC2)CCCC(C)C1. The summed E-state index contributed by atoms with van der Waals surface area (Å²) in [7, 11) is 4.47. The molecule has 2 fully saturated rings. The zero-order chi connectivity index (χ0) is 13.0. The first kappa shape index (κ1) is 14.7. The fraction of sp³-hybridized carbons (Fsp3) is 1.00. The molecule has 1 aliphatic carbocycles. The largest absolute Gasteiger partial charge is 0.319 e. The molecule has 0 amide bonds. The van der Waals surface area contributed by atoms with Gasteiger partial charge in [0.25, 0.3) is 0 Å². The third-order valence-corrected chi connectivity index (χ3v) is 6.00. The summed E-state index contributed by atoms with van der Waals surface area (Å²) in [6.45, 7) is 4.93. The highest BCUT2D eigenvalue weighted by molar-refractivity contribution is 7.99. The monoisotopic (exact) mass is 270 g/mol. The highest BCUT2D eigenvalue weighted by atomic mass is 32.2. The van der Waals surface area contributed by atoms with Gasteiger partial charge in [-0.3, -0.25) is 0 Å². The molecule has 1 saturated carbocycles. The van der Waals surface area contributed by atoms with E-state index in [-0.39, 0.29) is 0 Å². The summed E-state index contributed by atoms with van der Waals surface area (Å²) in [6.07, 6.45) is 7.09. The van der Waals surface area contributed by atoms with Gasteiger partial charge in [0.05, 0.1) is 0 Å². The highest BCUT2D eigenvalue weighted by Gasteiger charge is 2.36. The average Bonchev–Trinajstić information content (AvgIpc) is 2.82. The number of nitrogens with zero attached hydrogens (tertiary/aromatic N) is 1. The molecular formula is C15H30N2S. The predicted octanol–water partition coefficient (Wildman–Crippen LogP) is 2.84. The topological polar surface area (TPSA) is 15.3 Å². The van der Waals surface area contributed by atoms with Gasteiger partial charge in [-0.2, -0.15) is 11.8 Å². The molecule has 3 unspecified atom stereocenters. The minimum atomic E-state index is 0.536. The summed E-state index contributed by atoms with van der Waals surface area (Å²) in [6, 6.07) is 0.834. The van der Waals surface area contributed by atoms with E-state index in [0.717, 1.165) is 12.0 Å². The lowest BCUT2D eigenvalue weighted by molar-refractivity contribution is 0.0791. The number of hydrogen-bond donors (Lipinski definition) is 1. The van der Waals surface area contributed by atoms with Crippen LogP contribution in [0.5, 0.6) is 0 Å². The van der Waals surface area contributed by atoms with Gasteiger partial charge >= 0.3 is 0 Å². The van der Waals surface area contributed by atoms with Crippen LogP contribution in [0.15, 0.2) is 0 Å². The van der Waals surface area contributed by atoms with Crippen molar-refractivity contribution in [2.24, 2.45) is 11.3 Å². The van der Waals surface area contributed by atoms with Gasteiger partial charge < -0.3 is 10.2 Å². The van der Waals surface area contributed by atoms with E-state index in [1.165, 1.54) is 56.7 Å². The minimum Gasteiger partial charge on any atom is -0.319 e. The summed E-state index contributed by atoms with van der Waals surface area (Å²) in [5.41, 5.74) is 0.536. The Bertz CT molecular complexity index is 249. The third kappa shape index (κ3) is 3.64. The van der Waals surface area contributed by atoms with Crippen molar-refractivity contribution in [3.63, 3.8) is 0 Å². The van der Waals surface area contributed by atoms with Crippen LogP contribution in [0, 0.1) is 11.3 Å². The second kappa shape index (κ2) is 6.62. The molecule has 106 valence electrons. The van der Waals surface area contributed by atoms with Crippen molar-refractivity contribution >= 4 is 11.8 Å². The summed E-state index contributed by atoms with van der Waals surface area (Å²) >= 11 is 2.13. The normalized spacial score (nSPS) is 37.3. The van der Waals surface area contributed by atoms with E-state index in [0.29, 0.717) is 5.41 Å². The molecule has 0 radical (unpaired) electrons. The van der Waals surface area contributed by atoms with Crippen molar-refractivity contribution in [2.75, 3.05) is 38.7 Å². The van der Waals surface area contributed by atoms with E-state index in [4.69, 9.17) is 0 Å². The van der Waals surface area contributed by atoms with Crippen LogP contribution >= 0.6 is 11.8 Å². The summed E-state index contributed by atoms with van der Waals surface area (Å²) in [5, 5.41) is 3.46. The lowest BCUT2D eigenvalue weighted by Gasteiger charge is -2.43. The molecule has 18 heavy (non-hydrogen) atoms. The standard InChI is InChI=1S/C15H30N2S/c1-13-5-4-7-15(9-13,11-16-2)12-17(3)14-6-8-18-10-14/h13-14,16H,4-12H2,1-3H3. The Morgan fingerprint density at radius 2 is 2.22 bits per heavy atom. The molecule has 0 spiro atoms. The van der Waals surface area contributed by atoms with Crippen LogP contribution in [0.1, 0.15) is 39.0 Å². The van der Waals surface area contributed by atoms with E-state index in [9.17, 15) is 0 Å². The molecule has 0 aromatic heterocycles. The van der Waals surface area contributed by atoms with Gasteiger partial charge in [-0.05, 0) is 50.4 Å². The van der Waals surface area contributed by atoms with Crippen LogP contribution in [-0.4, -0.2) is 49.6 Å². The zero-order valence-corrected chi connectivity index (χ0v) is 13.2. The van der Waals surface area contributed by atoms with Gasteiger partial charge in [-0.15, -0.1) is 0 Å². The van der Waals surface area contributed by atoms with Crippen LogP contribution in [0.25, 0.3) is 0 Å². The van der Waals surface area contributed by atoms with Gasteiger partial charge in [0.2, 0.25) is 0 Å². The smallest absolute Gasteiger partial charge is 0.0191 e. The maximum atomic E-state index is 3.46. The first-order valence-electron chi connectivity index (χ1n) is 7.58. The highest BCUT2D eigenvalue weighted by Crippen LogP contribution is 2.40. The quantitative estimate of drug-likeness (QED) is 0.827. The predicted molar refractivity (Wildman–Crippen MR) is 82.4 cm³/mol. The molecule has 2 rings (SSSR count). The first-order valence-corrected chi connectivity index (χ1v) is 8.73. The van der Waals surface area contributed by atoms with Gasteiger partial charge in [0.15, 0.2) is 0 Å². The van der Waals surface area contributed by atoms with E-state index in [2.05, 4.69) is 43.0 Å². The Balaban J connectivity index is 1.95. The first-order chi connectivity index (χ1) is 8.65. The molecule has 1 saturated heterocycles. The van der Waals surface area contributed by atoms with Crippen molar-refractivity contribution in [1.29, 1.82) is 0 Å². The molecule has 0 aromatic carbocycles. The minimum absolute atomic E-state index is 0.536. The van der Waals surface area contributed by atoms with Crippen molar-refractivity contribution in [3.8, 4) is 0 Å². The van der Waals surface area contributed by atoms with E-state index in [1.807, 2.05) is 0 Å².